The number of nitrogens with one attached hydrogen (secondary N) is 4. The number of hydrogen-bond donors (Lipinski definition) is 5. The van der Waals surface area contributed by atoms with E-state index in [1.807, 2.05) is 120 Å². The number of benzene rings is 2. The Morgan fingerprint density at radius 1 is 0.926 bits per heavy atom. The van der Waals surface area contributed by atoms with Crippen LogP contribution >= 0.6 is 0 Å². The number of carbonyl (C=O) groups excluding carboxylic acids is 4. The van der Waals surface area contributed by atoms with Crippen molar-refractivity contribution in [1.29, 1.82) is 0 Å². The van der Waals surface area contributed by atoms with E-state index in [2.05, 4.69) is 31.0 Å². The highest BCUT2D eigenvalue weighted by molar-refractivity contribution is 5.84. The monoisotopic (exact) mass is 742 g/mol. The second-order valence-corrected chi connectivity index (χ2v) is 16.2. The Kier molecular flexibility index (Phi) is 14.6. The summed E-state index contributed by atoms with van der Waals surface area (Å²) in [6.45, 7) is 12.4. The molecule has 5 N–H and O–H groups in total. The van der Waals surface area contributed by atoms with E-state index >= 15 is 0 Å². The average molecular weight is 743 g/mol. The summed E-state index contributed by atoms with van der Waals surface area (Å²) >= 11 is 0. The predicted molar refractivity (Wildman–Crippen MR) is 208 cm³/mol. The molecule has 0 spiro atoms. The van der Waals surface area contributed by atoms with Crippen molar-refractivity contribution < 1.29 is 29.0 Å². The fraction of sp³-hybridized carbons (Fsp3) is 0.500. The van der Waals surface area contributed by atoms with Crippen LogP contribution < -0.4 is 21.3 Å². The van der Waals surface area contributed by atoms with Crippen LogP contribution in [0.2, 0.25) is 0 Å². The lowest BCUT2D eigenvalue weighted by Crippen LogP contribution is -2.56. The van der Waals surface area contributed by atoms with Crippen LogP contribution in [0.4, 0.5) is 9.59 Å². The standard InChI is InChI=1S/C42H58N6O6/c1-28-15-14-20-31(45-28)26-48-34(25-43-39(48)52)37(41(2,3)4)38(51)47-33(22-30-18-12-9-13-19-30)35(49)23-32(21-29-16-10-8-11-17-29)46-36(50)24-42(5,6)27-44-40(53)54-7/h8-20,32-35,37,49H,21-27H2,1-7H3,(H,43,52)(H,44,53)(H,46,50)(H,47,51). The third-order valence-electron chi connectivity index (χ3n) is 9.84. The first-order chi connectivity index (χ1) is 25.5. The van der Waals surface area contributed by atoms with Gasteiger partial charge in [-0.05, 0) is 60.3 Å². The Balaban J connectivity index is 1.58. The SMILES string of the molecule is COC(=O)NCC(C)(C)CC(=O)NC(Cc1ccccc1)CC(O)C(Cc1ccccc1)NC(=O)C(C1CNC(=O)N1Cc1cccc(C)n1)C(C)(C)C. The zero-order valence-electron chi connectivity index (χ0n) is 32.7. The van der Waals surface area contributed by atoms with Gasteiger partial charge in [-0.2, -0.15) is 0 Å². The predicted octanol–water partition coefficient (Wildman–Crippen LogP) is 4.92. The van der Waals surface area contributed by atoms with Crippen molar-refractivity contribution in [1.82, 2.24) is 31.2 Å². The number of aryl methyl sites for hydroxylation is 1. The van der Waals surface area contributed by atoms with Gasteiger partial charge in [-0.15, -0.1) is 0 Å². The van der Waals surface area contributed by atoms with E-state index in [4.69, 9.17) is 0 Å². The average Bonchev–Trinajstić information content (AvgIpc) is 3.45. The molecule has 2 heterocycles. The number of pyridine rings is 1. The summed E-state index contributed by atoms with van der Waals surface area (Å²) in [5.74, 6) is -1.13. The molecule has 1 fully saturated rings. The molecule has 3 aromatic rings. The smallest absolute Gasteiger partial charge is 0.406 e. The van der Waals surface area contributed by atoms with Crippen molar-refractivity contribution in [3.63, 3.8) is 0 Å². The highest BCUT2D eigenvalue weighted by Crippen LogP contribution is 2.34. The first kappa shape index (κ1) is 41.8. The number of amides is 5. The molecule has 2 aromatic carbocycles. The first-order valence-electron chi connectivity index (χ1n) is 18.7. The minimum atomic E-state index is -1.05. The van der Waals surface area contributed by atoms with Gasteiger partial charge in [0.1, 0.15) is 0 Å². The van der Waals surface area contributed by atoms with Crippen LogP contribution in [-0.4, -0.2) is 83.4 Å². The van der Waals surface area contributed by atoms with Gasteiger partial charge in [-0.1, -0.05) is 101 Å². The molecule has 5 amide bonds. The lowest BCUT2D eigenvalue weighted by Gasteiger charge is -2.39. The first-order valence-corrected chi connectivity index (χ1v) is 18.7. The molecule has 54 heavy (non-hydrogen) atoms. The van der Waals surface area contributed by atoms with Crippen molar-refractivity contribution in [2.75, 3.05) is 20.2 Å². The van der Waals surface area contributed by atoms with Crippen molar-refractivity contribution in [3.8, 4) is 0 Å². The number of urea groups is 1. The molecular formula is C42H58N6O6. The van der Waals surface area contributed by atoms with Gasteiger partial charge in [0.15, 0.2) is 0 Å². The third kappa shape index (κ3) is 12.6. The number of carbonyl (C=O) groups is 4. The Bertz CT molecular complexity index is 1700. The number of ether oxygens (including phenoxy) is 1. The topological polar surface area (TPSA) is 162 Å². The van der Waals surface area contributed by atoms with Gasteiger partial charge in [0.2, 0.25) is 11.8 Å². The van der Waals surface area contributed by atoms with Gasteiger partial charge in [0.25, 0.3) is 0 Å². The summed E-state index contributed by atoms with van der Waals surface area (Å²) in [7, 11) is 1.29. The minimum Gasteiger partial charge on any atom is -0.453 e. The van der Waals surface area contributed by atoms with E-state index in [1.54, 1.807) is 4.90 Å². The van der Waals surface area contributed by atoms with Crippen molar-refractivity contribution >= 4 is 23.9 Å². The maximum atomic E-state index is 14.6. The van der Waals surface area contributed by atoms with Gasteiger partial charge in [0, 0.05) is 31.2 Å². The maximum Gasteiger partial charge on any atom is 0.406 e. The van der Waals surface area contributed by atoms with Gasteiger partial charge in [-0.3, -0.25) is 14.6 Å². The van der Waals surface area contributed by atoms with Crippen LogP contribution in [0.1, 0.15) is 70.0 Å². The number of nitrogens with zero attached hydrogens (tertiary/aromatic N) is 2. The summed E-state index contributed by atoms with van der Waals surface area (Å²) in [6, 6.07) is 23.2. The molecule has 292 valence electrons. The molecule has 0 radical (unpaired) electrons. The largest absolute Gasteiger partial charge is 0.453 e. The Hall–Kier alpha value is -4.97. The normalized spacial score (nSPS) is 16.8. The van der Waals surface area contributed by atoms with E-state index in [0.29, 0.717) is 19.4 Å². The highest BCUT2D eigenvalue weighted by Gasteiger charge is 2.46. The molecule has 1 aromatic heterocycles. The number of hydrogen-bond acceptors (Lipinski definition) is 7. The number of aliphatic hydroxyl groups is 1. The summed E-state index contributed by atoms with van der Waals surface area (Å²) in [5, 5.41) is 24.0. The number of alkyl carbamates (subject to hydrolysis) is 1. The fourth-order valence-electron chi connectivity index (χ4n) is 7.18. The van der Waals surface area contributed by atoms with Crippen LogP contribution in [0, 0.1) is 23.7 Å². The van der Waals surface area contributed by atoms with Crippen LogP contribution in [0.25, 0.3) is 0 Å². The maximum absolute atomic E-state index is 14.6. The zero-order chi connectivity index (χ0) is 39.5. The van der Waals surface area contributed by atoms with Gasteiger partial charge >= 0.3 is 12.1 Å². The van der Waals surface area contributed by atoms with Crippen LogP contribution in [-0.2, 0) is 33.7 Å². The molecule has 12 heteroatoms. The molecule has 12 nitrogen and oxygen atoms in total. The number of methoxy groups -OCH3 is 1. The number of aromatic nitrogens is 1. The van der Waals surface area contributed by atoms with Crippen molar-refractivity contribution in [2.24, 2.45) is 16.7 Å². The Labute approximate surface area is 319 Å². The summed E-state index contributed by atoms with van der Waals surface area (Å²) in [6.07, 6.45) is -0.526. The van der Waals surface area contributed by atoms with Crippen LogP contribution in [0.15, 0.2) is 78.9 Å². The molecule has 5 atom stereocenters. The second-order valence-electron chi connectivity index (χ2n) is 16.2. The van der Waals surface area contributed by atoms with Gasteiger partial charge in [-0.25, -0.2) is 9.59 Å². The molecule has 4 rings (SSSR count). The van der Waals surface area contributed by atoms with E-state index in [0.717, 1.165) is 22.5 Å². The fourth-order valence-corrected chi connectivity index (χ4v) is 7.18. The Morgan fingerprint density at radius 2 is 1.56 bits per heavy atom. The summed E-state index contributed by atoms with van der Waals surface area (Å²) in [5.41, 5.74) is 2.37. The molecule has 0 aliphatic carbocycles. The highest BCUT2D eigenvalue weighted by atomic mass is 16.5. The molecule has 1 aliphatic heterocycles. The zero-order valence-corrected chi connectivity index (χ0v) is 32.7. The van der Waals surface area contributed by atoms with E-state index < -0.39 is 47.1 Å². The number of rotatable bonds is 17. The van der Waals surface area contributed by atoms with E-state index in [1.165, 1.54) is 7.11 Å². The molecule has 1 aliphatic rings. The lowest BCUT2D eigenvalue weighted by atomic mass is 9.75. The number of aliphatic hydroxyl groups excluding tert-OH is 1. The second kappa shape index (κ2) is 18.9. The summed E-state index contributed by atoms with van der Waals surface area (Å²) < 4.78 is 4.69. The lowest BCUT2D eigenvalue weighted by molar-refractivity contribution is -0.132. The molecule has 1 saturated heterocycles. The van der Waals surface area contributed by atoms with Gasteiger partial charge < -0.3 is 36.0 Å². The van der Waals surface area contributed by atoms with Crippen molar-refractivity contribution in [2.45, 2.75) is 98.0 Å². The summed E-state index contributed by atoms with van der Waals surface area (Å²) in [4.78, 5) is 59.2. The molecule has 5 unspecified atom stereocenters. The third-order valence-corrected chi connectivity index (χ3v) is 9.84. The molecular weight excluding hydrogens is 684 g/mol. The Morgan fingerprint density at radius 3 is 2.15 bits per heavy atom. The molecule has 0 bridgehead atoms. The van der Waals surface area contributed by atoms with Crippen molar-refractivity contribution in [3.05, 3.63) is 101 Å². The van der Waals surface area contributed by atoms with Crippen LogP contribution in [0.3, 0.4) is 0 Å². The van der Waals surface area contributed by atoms with E-state index in [-0.39, 0.29) is 43.8 Å². The quantitative estimate of drug-likeness (QED) is 0.131. The van der Waals surface area contributed by atoms with Crippen LogP contribution in [0.5, 0.6) is 0 Å². The minimum absolute atomic E-state index is 0.124. The van der Waals surface area contributed by atoms with E-state index in [9.17, 15) is 24.3 Å². The van der Waals surface area contributed by atoms with Gasteiger partial charge in [0.05, 0.1) is 43.5 Å². The molecule has 0 saturated carbocycles.